The van der Waals surface area contributed by atoms with Gasteiger partial charge in [0.15, 0.2) is 0 Å². The number of rotatable bonds is 6. The molecule has 5 aromatic carbocycles. The van der Waals surface area contributed by atoms with Crippen LogP contribution < -0.4 is 0 Å². The molecule has 7 rings (SSSR count). The van der Waals surface area contributed by atoms with E-state index in [1.807, 2.05) is 7.11 Å². The van der Waals surface area contributed by atoms with Gasteiger partial charge in [-0.25, -0.2) is 0 Å². The zero-order valence-corrected chi connectivity index (χ0v) is 21.8. The first-order valence-corrected chi connectivity index (χ1v) is 13.4. The van der Waals surface area contributed by atoms with Gasteiger partial charge in [-0.3, -0.25) is 0 Å². The van der Waals surface area contributed by atoms with Crippen LogP contribution in [0, 0.1) is 0 Å². The van der Waals surface area contributed by atoms with Crippen molar-refractivity contribution in [1.29, 1.82) is 0 Å². The van der Waals surface area contributed by atoms with Crippen molar-refractivity contribution < 1.29 is 4.74 Å². The molecule has 7 aromatic rings. The van der Waals surface area contributed by atoms with Gasteiger partial charge in [0.2, 0.25) is 0 Å². The van der Waals surface area contributed by atoms with Gasteiger partial charge in [-0.2, -0.15) is 0 Å². The van der Waals surface area contributed by atoms with Gasteiger partial charge in [-0.15, -0.1) is 0 Å². The number of hydrogen-bond donors (Lipinski definition) is 0. The van der Waals surface area contributed by atoms with Crippen molar-refractivity contribution in [3.8, 4) is 11.4 Å². The van der Waals surface area contributed by atoms with Crippen molar-refractivity contribution in [3.05, 3.63) is 121 Å². The summed E-state index contributed by atoms with van der Waals surface area (Å²) in [4.78, 5) is 0. The number of hydrogen-bond acceptors (Lipinski definition) is 1. The number of para-hydroxylation sites is 4. The van der Waals surface area contributed by atoms with E-state index in [0.29, 0.717) is 0 Å². The van der Waals surface area contributed by atoms with Crippen molar-refractivity contribution in [2.75, 3.05) is 7.11 Å². The summed E-state index contributed by atoms with van der Waals surface area (Å²) in [5, 5.41) is 5.09. The predicted molar refractivity (Wildman–Crippen MR) is 160 cm³/mol. The second-order valence-electron chi connectivity index (χ2n) is 10.1. The molecule has 1 unspecified atom stereocenters. The molecular formula is C35H30N2O. The van der Waals surface area contributed by atoms with Crippen LogP contribution in [0.5, 0.6) is 0 Å². The molecule has 0 amide bonds. The van der Waals surface area contributed by atoms with Crippen LogP contribution in [0.3, 0.4) is 0 Å². The Hall–Kier alpha value is -4.34. The summed E-state index contributed by atoms with van der Waals surface area (Å²) >= 11 is 0. The average molecular weight is 495 g/mol. The summed E-state index contributed by atoms with van der Waals surface area (Å²) in [6.07, 6.45) is 2.01. The average Bonchev–Trinajstić information content (AvgIpc) is 3.49. The molecule has 0 N–H and O–H groups in total. The molecule has 1 atom stereocenters. The Morgan fingerprint density at radius 1 is 0.553 bits per heavy atom. The van der Waals surface area contributed by atoms with Crippen molar-refractivity contribution in [1.82, 2.24) is 9.13 Å². The molecule has 0 bridgehead atoms. The van der Waals surface area contributed by atoms with Gasteiger partial charge in [0.25, 0.3) is 0 Å². The fourth-order valence-corrected chi connectivity index (χ4v) is 6.09. The van der Waals surface area contributed by atoms with Crippen LogP contribution in [-0.4, -0.2) is 22.3 Å². The van der Waals surface area contributed by atoms with E-state index in [9.17, 15) is 0 Å². The normalized spacial score (nSPS) is 12.7. The van der Waals surface area contributed by atoms with Crippen molar-refractivity contribution in [2.45, 2.75) is 25.9 Å². The van der Waals surface area contributed by atoms with Crippen LogP contribution in [-0.2, 0) is 11.2 Å². The van der Waals surface area contributed by atoms with Crippen LogP contribution >= 0.6 is 0 Å². The Morgan fingerprint density at radius 2 is 0.921 bits per heavy atom. The molecule has 0 aliphatic rings. The third-order valence-corrected chi connectivity index (χ3v) is 7.89. The summed E-state index contributed by atoms with van der Waals surface area (Å²) in [6.45, 7) is 2.19. The van der Waals surface area contributed by atoms with E-state index < -0.39 is 0 Å². The van der Waals surface area contributed by atoms with Crippen LogP contribution in [0.25, 0.3) is 55.0 Å². The Labute approximate surface area is 222 Å². The van der Waals surface area contributed by atoms with Gasteiger partial charge in [0.1, 0.15) is 0 Å². The molecule has 38 heavy (non-hydrogen) atoms. The van der Waals surface area contributed by atoms with E-state index in [4.69, 9.17) is 4.74 Å². The number of nitrogens with zero attached hydrogens (tertiary/aromatic N) is 2. The quantitative estimate of drug-likeness (QED) is 0.226. The minimum absolute atomic E-state index is 0.175. The first kappa shape index (κ1) is 22.8. The summed E-state index contributed by atoms with van der Waals surface area (Å²) in [6, 6.07) is 41.9. The van der Waals surface area contributed by atoms with Gasteiger partial charge in [-0.1, -0.05) is 79.7 Å². The van der Waals surface area contributed by atoms with Crippen LogP contribution in [0.1, 0.15) is 18.9 Å². The summed E-state index contributed by atoms with van der Waals surface area (Å²) in [5.41, 5.74) is 8.49. The maximum atomic E-state index is 5.83. The van der Waals surface area contributed by atoms with E-state index in [1.54, 1.807) is 0 Å². The molecule has 0 saturated carbocycles. The molecule has 186 valence electrons. The minimum Gasteiger partial charge on any atom is -0.381 e. The summed E-state index contributed by atoms with van der Waals surface area (Å²) in [7, 11) is 1.82. The predicted octanol–water partition coefficient (Wildman–Crippen LogP) is 8.85. The lowest BCUT2D eigenvalue weighted by atomic mass is 10.0. The highest BCUT2D eigenvalue weighted by atomic mass is 16.5. The highest BCUT2D eigenvalue weighted by molar-refractivity contribution is 6.10. The third kappa shape index (κ3) is 3.54. The molecule has 0 radical (unpaired) electrons. The Bertz CT molecular complexity index is 1700. The molecule has 0 aliphatic heterocycles. The number of ether oxygens (including phenoxy) is 1. The van der Waals surface area contributed by atoms with Gasteiger partial charge in [0, 0.05) is 40.0 Å². The number of fused-ring (bicyclic) bond motifs is 6. The highest BCUT2D eigenvalue weighted by Crippen LogP contribution is 2.36. The number of aromatic nitrogens is 2. The van der Waals surface area contributed by atoms with E-state index in [0.717, 1.165) is 12.8 Å². The zero-order chi connectivity index (χ0) is 25.6. The number of benzene rings is 5. The molecule has 0 saturated heterocycles. The van der Waals surface area contributed by atoms with E-state index in [-0.39, 0.29) is 6.10 Å². The third-order valence-electron chi connectivity index (χ3n) is 7.89. The van der Waals surface area contributed by atoms with Crippen molar-refractivity contribution in [3.63, 3.8) is 0 Å². The topological polar surface area (TPSA) is 19.1 Å². The van der Waals surface area contributed by atoms with Crippen molar-refractivity contribution >= 4 is 43.6 Å². The second kappa shape index (κ2) is 9.20. The van der Waals surface area contributed by atoms with Gasteiger partial charge in [0.05, 0.1) is 28.2 Å². The fourth-order valence-electron chi connectivity index (χ4n) is 6.09. The van der Waals surface area contributed by atoms with Crippen LogP contribution in [0.2, 0.25) is 0 Å². The number of methoxy groups -OCH3 is 1. The standard InChI is InChI=1S/C35H30N2O/c1-3-27(38-2)22-24-20-25(36-32-16-8-4-12-28(32)29-13-5-9-17-33(29)36)23-26(21-24)37-34-18-10-6-14-30(34)31-15-7-11-19-35(31)37/h4-21,23,27H,3,22H2,1-2H3. The summed E-state index contributed by atoms with van der Waals surface area (Å²) < 4.78 is 10.7. The molecule has 0 aliphatic carbocycles. The fraction of sp³-hybridized carbons (Fsp3) is 0.143. The maximum Gasteiger partial charge on any atom is 0.0609 e. The molecule has 2 heterocycles. The Balaban J connectivity index is 1.56. The van der Waals surface area contributed by atoms with E-state index in [1.165, 1.54) is 60.5 Å². The van der Waals surface area contributed by atoms with Gasteiger partial charge < -0.3 is 13.9 Å². The molecule has 2 aromatic heterocycles. The van der Waals surface area contributed by atoms with Crippen molar-refractivity contribution in [2.24, 2.45) is 0 Å². The zero-order valence-electron chi connectivity index (χ0n) is 21.8. The minimum atomic E-state index is 0.175. The lowest BCUT2D eigenvalue weighted by Crippen LogP contribution is -2.13. The van der Waals surface area contributed by atoms with Gasteiger partial charge in [-0.05, 0) is 60.9 Å². The van der Waals surface area contributed by atoms with E-state index >= 15 is 0 Å². The van der Waals surface area contributed by atoms with Crippen LogP contribution in [0.15, 0.2) is 115 Å². The molecule has 0 spiro atoms. The first-order valence-electron chi connectivity index (χ1n) is 13.4. The molecule has 3 heteroatoms. The largest absolute Gasteiger partial charge is 0.381 e. The molecule has 0 fully saturated rings. The second-order valence-corrected chi connectivity index (χ2v) is 10.1. The van der Waals surface area contributed by atoms with Gasteiger partial charge >= 0.3 is 0 Å². The SMILES string of the molecule is CCC(Cc1cc(-n2c3ccccc3c3ccccc32)cc(-n2c3ccccc3c3ccccc32)c1)OC. The maximum absolute atomic E-state index is 5.83. The Morgan fingerprint density at radius 3 is 1.26 bits per heavy atom. The smallest absolute Gasteiger partial charge is 0.0609 e. The summed E-state index contributed by atoms with van der Waals surface area (Å²) in [5.74, 6) is 0. The highest BCUT2D eigenvalue weighted by Gasteiger charge is 2.17. The first-order chi connectivity index (χ1) is 18.8. The molecule has 3 nitrogen and oxygen atoms in total. The van der Waals surface area contributed by atoms with E-state index in [2.05, 4.69) is 131 Å². The molecular weight excluding hydrogens is 464 g/mol. The van der Waals surface area contributed by atoms with Crippen LogP contribution in [0.4, 0.5) is 0 Å². The lowest BCUT2D eigenvalue weighted by molar-refractivity contribution is 0.0998. The monoisotopic (exact) mass is 494 g/mol. The Kier molecular flexibility index (Phi) is 5.52. The lowest BCUT2D eigenvalue weighted by Gasteiger charge is -2.18.